The van der Waals surface area contributed by atoms with Crippen LogP contribution in [0.15, 0.2) is 101 Å². The molecular formula is C32H26BrN3O5. The lowest BCUT2D eigenvalue weighted by Crippen LogP contribution is -2.18. The van der Waals surface area contributed by atoms with E-state index in [1.165, 1.54) is 13.3 Å². The van der Waals surface area contributed by atoms with Gasteiger partial charge in [-0.3, -0.25) is 4.79 Å². The van der Waals surface area contributed by atoms with Gasteiger partial charge >= 0.3 is 5.97 Å². The number of H-pyrrole nitrogens is 1. The van der Waals surface area contributed by atoms with Gasteiger partial charge in [-0.05, 0) is 72.6 Å². The topological polar surface area (TPSA) is 102 Å². The molecule has 0 spiro atoms. The van der Waals surface area contributed by atoms with Crippen LogP contribution in [0.1, 0.15) is 33.3 Å². The fourth-order valence-electron chi connectivity index (χ4n) is 4.33. The van der Waals surface area contributed by atoms with Crippen molar-refractivity contribution in [3.8, 4) is 28.4 Å². The summed E-state index contributed by atoms with van der Waals surface area (Å²) in [5.74, 6) is 0.248. The van der Waals surface area contributed by atoms with Crippen LogP contribution in [0.5, 0.6) is 17.2 Å². The molecule has 0 bridgehead atoms. The van der Waals surface area contributed by atoms with Crippen molar-refractivity contribution in [1.82, 2.24) is 10.4 Å². The molecule has 1 amide bonds. The van der Waals surface area contributed by atoms with Crippen LogP contribution >= 0.6 is 15.9 Å². The molecule has 41 heavy (non-hydrogen) atoms. The fraction of sp³-hybridized carbons (Fsp3) is 0.0938. The van der Waals surface area contributed by atoms with Crippen molar-refractivity contribution in [3.05, 3.63) is 112 Å². The first kappa shape index (κ1) is 27.7. The molecule has 0 atom stereocenters. The van der Waals surface area contributed by atoms with Crippen LogP contribution < -0.4 is 19.6 Å². The lowest BCUT2D eigenvalue weighted by Gasteiger charge is -2.11. The third-order valence-electron chi connectivity index (χ3n) is 6.21. The zero-order valence-corrected chi connectivity index (χ0v) is 23.9. The first-order valence-electron chi connectivity index (χ1n) is 12.8. The number of ether oxygens (including phenoxy) is 3. The standard InChI is InChI=1S/C32H26BrN3O5/c1-3-40-28-16-20(12-15-27(28)41-32(38)22-10-7-11-24(17-22)39-2)19-34-36-31(37)30-29(21-8-5-4-6-9-21)25-18-23(33)13-14-26(25)35-30/h4-19,35H,3H2,1-2H3,(H,36,37). The highest BCUT2D eigenvalue weighted by Crippen LogP contribution is 2.34. The van der Waals surface area contributed by atoms with Gasteiger partial charge in [-0.25, -0.2) is 10.2 Å². The van der Waals surface area contributed by atoms with Gasteiger partial charge in [0.1, 0.15) is 11.4 Å². The monoisotopic (exact) mass is 611 g/mol. The Hall–Kier alpha value is -4.89. The zero-order valence-electron chi connectivity index (χ0n) is 22.3. The van der Waals surface area contributed by atoms with E-state index in [0.717, 1.165) is 26.5 Å². The molecule has 1 aromatic heterocycles. The number of carbonyl (C=O) groups excluding carboxylic acids is 2. The van der Waals surface area contributed by atoms with E-state index in [9.17, 15) is 9.59 Å². The maximum Gasteiger partial charge on any atom is 0.343 e. The summed E-state index contributed by atoms with van der Waals surface area (Å²) in [6.45, 7) is 2.19. The Kier molecular flexibility index (Phi) is 8.45. The maximum absolute atomic E-state index is 13.2. The molecule has 2 N–H and O–H groups in total. The minimum absolute atomic E-state index is 0.262. The van der Waals surface area contributed by atoms with E-state index in [2.05, 4.69) is 31.4 Å². The summed E-state index contributed by atoms with van der Waals surface area (Å²) < 4.78 is 17.4. The number of halogens is 1. The van der Waals surface area contributed by atoms with Crippen molar-refractivity contribution in [3.63, 3.8) is 0 Å². The number of benzene rings is 4. The van der Waals surface area contributed by atoms with E-state index in [1.807, 2.05) is 55.5 Å². The predicted octanol–water partition coefficient (Wildman–Crippen LogP) is 6.99. The van der Waals surface area contributed by atoms with Gasteiger partial charge in [0.05, 0.1) is 25.5 Å². The van der Waals surface area contributed by atoms with Gasteiger partial charge in [-0.15, -0.1) is 0 Å². The Bertz CT molecular complexity index is 1750. The van der Waals surface area contributed by atoms with Crippen molar-refractivity contribution in [2.24, 2.45) is 5.10 Å². The largest absolute Gasteiger partial charge is 0.497 e. The van der Waals surface area contributed by atoms with Crippen LogP contribution in [-0.2, 0) is 0 Å². The number of rotatable bonds is 9. The van der Waals surface area contributed by atoms with Crippen molar-refractivity contribution in [2.75, 3.05) is 13.7 Å². The summed E-state index contributed by atoms with van der Waals surface area (Å²) in [7, 11) is 1.53. The number of fused-ring (bicyclic) bond motifs is 1. The summed E-state index contributed by atoms with van der Waals surface area (Å²) in [6.07, 6.45) is 1.50. The van der Waals surface area contributed by atoms with Gasteiger partial charge in [0, 0.05) is 20.9 Å². The Morgan fingerprint density at radius 1 is 0.951 bits per heavy atom. The maximum atomic E-state index is 13.2. The van der Waals surface area contributed by atoms with Crippen LogP contribution in [0.4, 0.5) is 0 Å². The third-order valence-corrected chi connectivity index (χ3v) is 6.70. The van der Waals surface area contributed by atoms with E-state index in [0.29, 0.717) is 34.9 Å². The Labute approximate surface area is 245 Å². The highest BCUT2D eigenvalue weighted by Gasteiger charge is 2.19. The van der Waals surface area contributed by atoms with Gasteiger partial charge in [0.25, 0.3) is 5.91 Å². The van der Waals surface area contributed by atoms with Crippen LogP contribution in [0.25, 0.3) is 22.0 Å². The summed E-state index contributed by atoms with van der Waals surface area (Å²) in [5.41, 5.74) is 6.53. The average molecular weight is 612 g/mol. The summed E-state index contributed by atoms with van der Waals surface area (Å²) in [5, 5.41) is 5.08. The molecular weight excluding hydrogens is 586 g/mol. The molecule has 1 heterocycles. The van der Waals surface area contributed by atoms with Gasteiger partial charge in [-0.1, -0.05) is 52.3 Å². The second-order valence-electron chi connectivity index (χ2n) is 8.89. The lowest BCUT2D eigenvalue weighted by molar-refractivity contribution is 0.0727. The summed E-state index contributed by atoms with van der Waals surface area (Å²) in [6, 6.07) is 27.2. The zero-order chi connectivity index (χ0) is 28.8. The molecule has 4 aromatic carbocycles. The molecule has 0 aliphatic heterocycles. The summed E-state index contributed by atoms with van der Waals surface area (Å²) in [4.78, 5) is 29.2. The van der Waals surface area contributed by atoms with Gasteiger partial charge in [0.2, 0.25) is 0 Å². The first-order chi connectivity index (χ1) is 20.0. The molecule has 0 saturated carbocycles. The Morgan fingerprint density at radius 2 is 1.78 bits per heavy atom. The highest BCUT2D eigenvalue weighted by atomic mass is 79.9. The van der Waals surface area contributed by atoms with E-state index < -0.39 is 5.97 Å². The van der Waals surface area contributed by atoms with Crippen LogP contribution in [-0.4, -0.2) is 36.8 Å². The average Bonchev–Trinajstić information content (AvgIpc) is 3.37. The number of carbonyl (C=O) groups is 2. The smallest absolute Gasteiger partial charge is 0.343 e. The molecule has 206 valence electrons. The number of esters is 1. The van der Waals surface area contributed by atoms with E-state index >= 15 is 0 Å². The van der Waals surface area contributed by atoms with Crippen LogP contribution in [0.3, 0.4) is 0 Å². The molecule has 5 rings (SSSR count). The number of hydrogen-bond acceptors (Lipinski definition) is 6. The van der Waals surface area contributed by atoms with Gasteiger partial charge in [-0.2, -0.15) is 5.10 Å². The molecule has 0 radical (unpaired) electrons. The van der Waals surface area contributed by atoms with E-state index in [4.69, 9.17) is 14.2 Å². The van der Waals surface area contributed by atoms with Gasteiger partial charge in [0.15, 0.2) is 11.5 Å². The Balaban J connectivity index is 1.35. The minimum Gasteiger partial charge on any atom is -0.497 e. The number of aromatic amines is 1. The van der Waals surface area contributed by atoms with Crippen LogP contribution in [0, 0.1) is 0 Å². The second-order valence-corrected chi connectivity index (χ2v) is 9.81. The number of amides is 1. The number of hydrogen-bond donors (Lipinski definition) is 2. The van der Waals surface area contributed by atoms with Crippen molar-refractivity contribution in [1.29, 1.82) is 0 Å². The number of hydrazone groups is 1. The third kappa shape index (κ3) is 6.31. The fourth-order valence-corrected chi connectivity index (χ4v) is 4.69. The van der Waals surface area contributed by atoms with Crippen molar-refractivity contribution >= 4 is 44.9 Å². The summed E-state index contributed by atoms with van der Waals surface area (Å²) >= 11 is 3.52. The van der Waals surface area contributed by atoms with Gasteiger partial charge < -0.3 is 19.2 Å². The molecule has 5 aromatic rings. The number of nitrogens with zero attached hydrogens (tertiary/aromatic N) is 1. The molecule has 8 nitrogen and oxygen atoms in total. The van der Waals surface area contributed by atoms with E-state index in [1.54, 1.807) is 42.5 Å². The predicted molar refractivity (Wildman–Crippen MR) is 162 cm³/mol. The van der Waals surface area contributed by atoms with Crippen LogP contribution in [0.2, 0.25) is 0 Å². The van der Waals surface area contributed by atoms with Crippen molar-refractivity contribution < 1.29 is 23.8 Å². The number of methoxy groups -OCH3 is 1. The number of aromatic nitrogens is 1. The van der Waals surface area contributed by atoms with Crippen molar-refractivity contribution in [2.45, 2.75) is 6.92 Å². The quantitative estimate of drug-likeness (QED) is 0.0809. The normalized spacial score (nSPS) is 11.0. The molecule has 0 unspecified atom stereocenters. The molecule has 9 heteroatoms. The van der Waals surface area contributed by atoms with E-state index in [-0.39, 0.29) is 11.7 Å². The number of nitrogens with one attached hydrogen (secondary N) is 2. The Morgan fingerprint density at radius 3 is 2.56 bits per heavy atom. The SMILES string of the molecule is CCOc1cc(C=NNC(=O)c2[nH]c3ccc(Br)cc3c2-c2ccccc2)ccc1OC(=O)c1cccc(OC)c1. The minimum atomic E-state index is -0.543. The molecule has 0 saturated heterocycles. The molecule has 0 fully saturated rings. The molecule has 0 aliphatic rings. The first-order valence-corrected chi connectivity index (χ1v) is 13.6. The second kappa shape index (κ2) is 12.5. The highest BCUT2D eigenvalue weighted by molar-refractivity contribution is 9.10. The lowest BCUT2D eigenvalue weighted by atomic mass is 10.0. The molecule has 0 aliphatic carbocycles.